The Morgan fingerprint density at radius 2 is 1.60 bits per heavy atom. The van der Waals surface area contributed by atoms with Crippen molar-refractivity contribution in [3.8, 4) is 22.8 Å². The fraction of sp³-hybridized carbons (Fsp3) is 0.160. The highest BCUT2D eigenvalue weighted by molar-refractivity contribution is 6.12. The van der Waals surface area contributed by atoms with E-state index in [0.29, 0.717) is 17.1 Å². The summed E-state index contributed by atoms with van der Waals surface area (Å²) in [6.45, 7) is 0. The zero-order valence-corrected chi connectivity index (χ0v) is 18.6. The number of amides is 2. The fourth-order valence-electron chi connectivity index (χ4n) is 4.52. The standard InChI is InChI=1S/C25H19F3N4O3/c1-34-16-10-6-14(7-11-16)21-20-18(4-3-5-19(20)29)22-30-23(33)31-24(32(21)22,25(26,27)28)15-8-12-17(35-2)13-9-15/h3-13,29H,1-2H3,(H,31,33). The van der Waals surface area contributed by atoms with Gasteiger partial charge in [0.05, 0.1) is 25.6 Å². The number of hydrogen-bond acceptors (Lipinski definition) is 4. The summed E-state index contributed by atoms with van der Waals surface area (Å²) in [4.78, 5) is 16.6. The number of allylic oxidation sites excluding steroid dienone is 2. The third-order valence-corrected chi connectivity index (χ3v) is 6.09. The number of carbonyl (C=O) groups is 1. The first-order chi connectivity index (χ1) is 16.7. The van der Waals surface area contributed by atoms with Crippen LogP contribution in [0.4, 0.5) is 18.0 Å². The molecule has 2 amide bonds. The number of benzene rings is 2. The number of carbonyl (C=O) groups excluding carboxylic acids is 1. The number of aromatic nitrogens is 1. The van der Waals surface area contributed by atoms with Crippen LogP contribution in [0.5, 0.6) is 11.5 Å². The normalized spacial score (nSPS) is 18.7. The minimum atomic E-state index is -4.99. The van der Waals surface area contributed by atoms with Crippen molar-refractivity contribution in [3.63, 3.8) is 0 Å². The maximum atomic E-state index is 15.2. The molecule has 5 rings (SSSR count). The van der Waals surface area contributed by atoms with Crippen molar-refractivity contribution in [2.24, 2.45) is 4.99 Å². The van der Waals surface area contributed by atoms with Crippen molar-refractivity contribution in [1.82, 2.24) is 9.88 Å². The van der Waals surface area contributed by atoms with Gasteiger partial charge in [0.1, 0.15) is 17.0 Å². The molecular formula is C25H19F3N4O3. The second kappa shape index (κ2) is 7.86. The van der Waals surface area contributed by atoms with Gasteiger partial charge in [-0.25, -0.2) is 4.79 Å². The van der Waals surface area contributed by atoms with Crippen LogP contribution >= 0.6 is 0 Å². The summed E-state index contributed by atoms with van der Waals surface area (Å²) in [5.74, 6) is 0.879. The number of hydrogen-bond donors (Lipinski definition) is 2. The highest BCUT2D eigenvalue weighted by Gasteiger charge is 2.61. The van der Waals surface area contributed by atoms with Gasteiger partial charge in [-0.1, -0.05) is 24.3 Å². The van der Waals surface area contributed by atoms with E-state index < -0.39 is 17.9 Å². The molecule has 2 aromatic carbocycles. The maximum Gasteiger partial charge on any atom is 0.435 e. The number of alkyl halides is 3. The third-order valence-electron chi connectivity index (χ3n) is 6.09. The number of rotatable bonds is 4. The molecule has 10 heteroatoms. The lowest BCUT2D eigenvalue weighted by molar-refractivity contribution is -0.208. The first-order valence-electron chi connectivity index (χ1n) is 10.5. The number of nitrogens with zero attached hydrogens (tertiary/aromatic N) is 2. The Morgan fingerprint density at radius 3 is 2.17 bits per heavy atom. The largest absolute Gasteiger partial charge is 0.497 e. The molecule has 35 heavy (non-hydrogen) atoms. The molecule has 1 unspecified atom stereocenters. The van der Waals surface area contributed by atoms with Crippen molar-refractivity contribution in [1.29, 1.82) is 5.41 Å². The van der Waals surface area contributed by atoms with Gasteiger partial charge >= 0.3 is 12.2 Å². The van der Waals surface area contributed by atoms with E-state index in [1.54, 1.807) is 36.4 Å². The molecule has 2 aliphatic rings. The Hall–Kier alpha value is -4.34. The smallest absolute Gasteiger partial charge is 0.435 e. The van der Waals surface area contributed by atoms with Gasteiger partial charge in [0.25, 0.3) is 0 Å². The molecule has 0 bridgehead atoms. The lowest BCUT2D eigenvalue weighted by Gasteiger charge is -2.40. The highest BCUT2D eigenvalue weighted by atomic mass is 19.4. The summed E-state index contributed by atoms with van der Waals surface area (Å²) in [5, 5.41) is 10.9. The van der Waals surface area contributed by atoms with Crippen LogP contribution in [-0.2, 0) is 5.66 Å². The van der Waals surface area contributed by atoms with E-state index >= 15 is 13.2 Å². The molecule has 0 saturated carbocycles. The average molecular weight is 480 g/mol. The number of methoxy groups -OCH3 is 2. The Morgan fingerprint density at radius 1 is 1.00 bits per heavy atom. The van der Waals surface area contributed by atoms with Crippen molar-refractivity contribution in [3.05, 3.63) is 82.5 Å². The van der Waals surface area contributed by atoms with E-state index in [9.17, 15) is 4.79 Å². The number of nitrogens with one attached hydrogen (secondary N) is 2. The van der Waals surface area contributed by atoms with Gasteiger partial charge in [-0.05, 0) is 48.0 Å². The number of fused-ring (bicyclic) bond motifs is 3. The zero-order chi connectivity index (χ0) is 25.0. The summed E-state index contributed by atoms with van der Waals surface area (Å²) < 4.78 is 56.8. The summed E-state index contributed by atoms with van der Waals surface area (Å²) in [6.07, 6.45) is -0.392. The van der Waals surface area contributed by atoms with Gasteiger partial charge in [-0.15, -0.1) is 0 Å². The first-order valence-corrected chi connectivity index (χ1v) is 10.5. The van der Waals surface area contributed by atoms with Crippen LogP contribution in [0.3, 0.4) is 0 Å². The molecule has 2 N–H and O–H groups in total. The van der Waals surface area contributed by atoms with E-state index in [-0.39, 0.29) is 33.2 Å². The van der Waals surface area contributed by atoms with Crippen LogP contribution < -0.4 is 25.5 Å². The number of urea groups is 1. The molecule has 0 spiro atoms. The van der Waals surface area contributed by atoms with Gasteiger partial charge < -0.3 is 20.2 Å². The molecule has 3 aromatic rings. The van der Waals surface area contributed by atoms with E-state index in [2.05, 4.69) is 10.3 Å². The second-order valence-corrected chi connectivity index (χ2v) is 7.94. The topological polar surface area (TPSA) is 88.7 Å². The zero-order valence-electron chi connectivity index (χ0n) is 18.6. The predicted molar refractivity (Wildman–Crippen MR) is 122 cm³/mol. The maximum absolute atomic E-state index is 15.2. The van der Waals surface area contributed by atoms with Crippen LogP contribution in [-0.4, -0.2) is 36.7 Å². The molecule has 178 valence electrons. The van der Waals surface area contributed by atoms with Gasteiger partial charge in [0.2, 0.25) is 5.66 Å². The SMILES string of the molecule is COc1ccc(-c2c3c(c4n2C(c2ccc(OC)cc2)(C(F)(F)F)NC(=O)N=4)=CC=CC3=N)cc1. The Kier molecular flexibility index (Phi) is 5.04. The Balaban J connectivity index is 1.96. The predicted octanol–water partition coefficient (Wildman–Crippen LogP) is 3.50. The molecule has 0 radical (unpaired) electrons. The number of halogens is 3. The summed E-state index contributed by atoms with van der Waals surface area (Å²) >= 11 is 0. The average Bonchev–Trinajstić information content (AvgIpc) is 3.18. The van der Waals surface area contributed by atoms with Gasteiger partial charge in [0, 0.05) is 16.3 Å². The minimum Gasteiger partial charge on any atom is -0.497 e. The van der Waals surface area contributed by atoms with Crippen LogP contribution in [0, 0.1) is 5.41 Å². The Bertz CT molecular complexity index is 1500. The summed E-state index contributed by atoms with van der Waals surface area (Å²) in [7, 11) is 2.89. The van der Waals surface area contributed by atoms with Crippen molar-refractivity contribution in [2.45, 2.75) is 11.8 Å². The van der Waals surface area contributed by atoms with Gasteiger partial charge in [-0.2, -0.15) is 18.2 Å². The number of ether oxygens (including phenoxy) is 2. The Labute approximate surface area is 197 Å². The molecule has 1 aliphatic heterocycles. The molecule has 7 nitrogen and oxygen atoms in total. The van der Waals surface area contributed by atoms with Crippen LogP contribution in [0.2, 0.25) is 0 Å². The summed E-state index contributed by atoms with van der Waals surface area (Å²) in [5.41, 5.74) is -2.67. The van der Waals surface area contributed by atoms with E-state index in [4.69, 9.17) is 14.9 Å². The fourth-order valence-corrected chi connectivity index (χ4v) is 4.52. The van der Waals surface area contributed by atoms with E-state index in [0.717, 1.165) is 4.57 Å². The first kappa shape index (κ1) is 22.5. The van der Waals surface area contributed by atoms with E-state index in [1.165, 1.54) is 44.6 Å². The summed E-state index contributed by atoms with van der Waals surface area (Å²) in [6, 6.07) is 10.6. The molecule has 0 saturated heterocycles. The van der Waals surface area contributed by atoms with Crippen LogP contribution in [0.1, 0.15) is 11.1 Å². The molecular weight excluding hydrogens is 461 g/mol. The second-order valence-electron chi connectivity index (χ2n) is 7.94. The van der Waals surface area contributed by atoms with E-state index in [1.807, 2.05) is 0 Å². The molecule has 1 aromatic heterocycles. The molecule has 1 aliphatic carbocycles. The van der Waals surface area contributed by atoms with Crippen LogP contribution in [0.15, 0.2) is 65.7 Å². The van der Waals surface area contributed by atoms with Crippen LogP contribution in [0.25, 0.3) is 17.3 Å². The quantitative estimate of drug-likeness (QED) is 0.599. The molecule has 1 atom stereocenters. The third kappa shape index (κ3) is 3.24. The van der Waals surface area contributed by atoms with Crippen molar-refractivity contribution < 1.29 is 27.4 Å². The van der Waals surface area contributed by atoms with Gasteiger partial charge in [-0.3, -0.25) is 4.57 Å². The lowest BCUT2D eigenvalue weighted by atomic mass is 9.95. The van der Waals surface area contributed by atoms with Crippen molar-refractivity contribution in [2.75, 3.05) is 14.2 Å². The van der Waals surface area contributed by atoms with Crippen molar-refractivity contribution >= 4 is 17.8 Å². The molecule has 2 heterocycles. The lowest BCUT2D eigenvalue weighted by Crippen LogP contribution is -2.66. The minimum absolute atomic E-state index is 0.00340. The highest BCUT2D eigenvalue weighted by Crippen LogP contribution is 2.44. The molecule has 0 fully saturated rings. The van der Waals surface area contributed by atoms with Gasteiger partial charge in [0.15, 0.2) is 0 Å². The monoisotopic (exact) mass is 480 g/mol.